The van der Waals surface area contributed by atoms with Gasteiger partial charge in [-0.1, -0.05) is 0 Å². The zero-order valence-corrected chi connectivity index (χ0v) is 11.3. The molecule has 1 unspecified atom stereocenters. The van der Waals surface area contributed by atoms with Crippen molar-refractivity contribution in [1.29, 1.82) is 0 Å². The van der Waals surface area contributed by atoms with Crippen LogP contribution in [0.2, 0.25) is 0 Å². The van der Waals surface area contributed by atoms with E-state index in [1.807, 2.05) is 0 Å². The quantitative estimate of drug-likeness (QED) is 0.713. The Morgan fingerprint density at radius 1 is 1.47 bits per heavy atom. The van der Waals surface area contributed by atoms with E-state index in [0.29, 0.717) is 17.8 Å². The number of nitrogen functional groups attached to an aromatic ring is 1. The first-order chi connectivity index (χ1) is 8.71. The number of hydrogen-bond donors (Lipinski definition) is 3. The molecule has 0 aromatic heterocycles. The lowest BCUT2D eigenvalue weighted by Crippen LogP contribution is -2.36. The predicted octanol–water partition coefficient (Wildman–Crippen LogP) is 0.956. The lowest BCUT2D eigenvalue weighted by molar-refractivity contribution is 0.0697. The van der Waals surface area contributed by atoms with E-state index < -0.39 is 21.3 Å². The highest BCUT2D eigenvalue weighted by Crippen LogP contribution is 2.30. The Hall–Kier alpha value is -1.76. The fraction of sp³-hybridized carbons (Fsp3) is 0.417. The van der Waals surface area contributed by atoms with Gasteiger partial charge in [0.1, 0.15) is 0 Å². The summed E-state index contributed by atoms with van der Waals surface area (Å²) in [5.41, 5.74) is 6.15. The van der Waals surface area contributed by atoms with Gasteiger partial charge in [-0.2, -0.15) is 0 Å². The van der Waals surface area contributed by atoms with E-state index in [2.05, 4.69) is 5.32 Å². The van der Waals surface area contributed by atoms with Crippen LogP contribution >= 0.6 is 0 Å². The van der Waals surface area contributed by atoms with Crippen molar-refractivity contribution in [2.24, 2.45) is 0 Å². The highest BCUT2D eigenvalue weighted by atomic mass is 32.2. The second-order valence-electron chi connectivity index (χ2n) is 5.13. The highest BCUT2D eigenvalue weighted by Gasteiger charge is 2.38. The monoisotopic (exact) mass is 284 g/mol. The molecule has 2 rings (SSSR count). The minimum atomic E-state index is -3.03. The lowest BCUT2D eigenvalue weighted by Gasteiger charge is -2.26. The largest absolute Gasteiger partial charge is 0.478 e. The van der Waals surface area contributed by atoms with Crippen LogP contribution in [0.15, 0.2) is 18.2 Å². The van der Waals surface area contributed by atoms with Crippen LogP contribution in [0.4, 0.5) is 11.4 Å². The third kappa shape index (κ3) is 2.98. The molecule has 0 bridgehead atoms. The van der Waals surface area contributed by atoms with E-state index in [0.717, 1.165) is 0 Å². The molecule has 0 spiro atoms. The van der Waals surface area contributed by atoms with Crippen molar-refractivity contribution >= 4 is 27.2 Å². The van der Waals surface area contributed by atoms with Crippen molar-refractivity contribution < 1.29 is 18.3 Å². The Labute approximate surface area is 111 Å². The van der Waals surface area contributed by atoms with Crippen LogP contribution in [0, 0.1) is 0 Å². The number of nitrogens with two attached hydrogens (primary N) is 1. The summed E-state index contributed by atoms with van der Waals surface area (Å²) in [7, 11) is -3.03. The van der Waals surface area contributed by atoms with Crippen molar-refractivity contribution in [3.05, 3.63) is 23.8 Å². The maximum Gasteiger partial charge on any atom is 0.335 e. The van der Waals surface area contributed by atoms with Crippen LogP contribution < -0.4 is 11.1 Å². The van der Waals surface area contributed by atoms with E-state index in [-0.39, 0.29) is 17.1 Å². The van der Waals surface area contributed by atoms with Gasteiger partial charge in [0.15, 0.2) is 9.84 Å². The lowest BCUT2D eigenvalue weighted by atomic mass is 10.0. The van der Waals surface area contributed by atoms with Crippen molar-refractivity contribution in [1.82, 2.24) is 0 Å². The molecule has 104 valence electrons. The van der Waals surface area contributed by atoms with E-state index in [4.69, 9.17) is 10.8 Å². The van der Waals surface area contributed by atoms with Crippen LogP contribution in [0.1, 0.15) is 23.7 Å². The molecule has 1 aromatic rings. The first kappa shape index (κ1) is 13.7. The SMILES string of the molecule is CC1(Nc2cc(C(=O)O)ccc2N)CCS(=O)(=O)C1. The fourth-order valence-electron chi connectivity index (χ4n) is 2.23. The Balaban J connectivity index is 2.29. The van der Waals surface area contributed by atoms with Gasteiger partial charge in [0.2, 0.25) is 0 Å². The van der Waals surface area contributed by atoms with Crippen molar-refractivity contribution in [2.45, 2.75) is 18.9 Å². The molecule has 0 saturated carbocycles. The van der Waals surface area contributed by atoms with Gasteiger partial charge < -0.3 is 16.2 Å². The number of carbonyl (C=O) groups is 1. The number of nitrogens with one attached hydrogen (secondary N) is 1. The molecule has 0 amide bonds. The van der Waals surface area contributed by atoms with E-state index in [9.17, 15) is 13.2 Å². The molecular weight excluding hydrogens is 268 g/mol. The van der Waals surface area contributed by atoms with E-state index in [1.165, 1.54) is 18.2 Å². The number of carboxylic acid groups (broad SMARTS) is 1. The Morgan fingerprint density at radius 2 is 2.16 bits per heavy atom. The Kier molecular flexibility index (Phi) is 3.17. The van der Waals surface area contributed by atoms with Gasteiger partial charge in [-0.25, -0.2) is 13.2 Å². The molecule has 1 aliphatic rings. The standard InChI is InChI=1S/C12H16N2O4S/c1-12(4-5-19(17,18)7-12)14-10-6-8(11(15)16)2-3-9(10)13/h2-3,6,14H,4-5,7,13H2,1H3,(H,15,16). The summed E-state index contributed by atoms with van der Waals surface area (Å²) in [6.07, 6.45) is 0.478. The van der Waals surface area contributed by atoms with E-state index >= 15 is 0 Å². The van der Waals surface area contributed by atoms with Crippen LogP contribution in [0.3, 0.4) is 0 Å². The molecule has 0 aliphatic carbocycles. The summed E-state index contributed by atoms with van der Waals surface area (Å²) >= 11 is 0. The smallest absolute Gasteiger partial charge is 0.335 e. The molecule has 1 fully saturated rings. The minimum Gasteiger partial charge on any atom is -0.478 e. The Bertz CT molecular complexity index is 627. The maximum absolute atomic E-state index is 11.5. The number of anilines is 2. The van der Waals surface area contributed by atoms with Gasteiger partial charge in [-0.05, 0) is 31.5 Å². The molecule has 1 saturated heterocycles. The minimum absolute atomic E-state index is 0.0245. The van der Waals surface area contributed by atoms with Gasteiger partial charge in [-0.15, -0.1) is 0 Å². The summed E-state index contributed by atoms with van der Waals surface area (Å²) in [5.74, 6) is -0.890. The van der Waals surface area contributed by atoms with Gasteiger partial charge in [-0.3, -0.25) is 0 Å². The van der Waals surface area contributed by atoms with Crippen LogP contribution in [-0.4, -0.2) is 36.5 Å². The Morgan fingerprint density at radius 3 is 2.68 bits per heavy atom. The topological polar surface area (TPSA) is 109 Å². The predicted molar refractivity (Wildman–Crippen MR) is 73.1 cm³/mol. The molecule has 4 N–H and O–H groups in total. The molecule has 1 heterocycles. The summed E-state index contributed by atoms with van der Waals surface area (Å²) in [6.45, 7) is 1.80. The third-order valence-electron chi connectivity index (χ3n) is 3.24. The first-order valence-electron chi connectivity index (χ1n) is 5.82. The summed E-state index contributed by atoms with van der Waals surface area (Å²) in [4.78, 5) is 10.9. The summed E-state index contributed by atoms with van der Waals surface area (Å²) in [5, 5.41) is 12.0. The van der Waals surface area contributed by atoms with Crippen molar-refractivity contribution in [3.63, 3.8) is 0 Å². The van der Waals surface area contributed by atoms with Gasteiger partial charge in [0.25, 0.3) is 0 Å². The first-order valence-corrected chi connectivity index (χ1v) is 7.64. The molecule has 1 aromatic carbocycles. The van der Waals surface area contributed by atoms with Gasteiger partial charge in [0.05, 0.1) is 28.4 Å². The molecule has 6 nitrogen and oxygen atoms in total. The zero-order valence-electron chi connectivity index (χ0n) is 10.5. The number of sulfone groups is 1. The number of carboxylic acids is 1. The molecule has 1 aliphatic heterocycles. The molecule has 0 radical (unpaired) electrons. The molecule has 1 atom stereocenters. The van der Waals surface area contributed by atoms with Gasteiger partial charge in [0, 0.05) is 5.54 Å². The second kappa shape index (κ2) is 4.41. The number of rotatable bonds is 3. The maximum atomic E-state index is 11.5. The van der Waals surface area contributed by atoms with Crippen molar-refractivity contribution in [2.75, 3.05) is 22.6 Å². The van der Waals surface area contributed by atoms with Crippen LogP contribution in [0.5, 0.6) is 0 Å². The highest BCUT2D eigenvalue weighted by molar-refractivity contribution is 7.91. The number of aromatic carboxylic acids is 1. The fourth-order valence-corrected chi connectivity index (χ4v) is 4.32. The van der Waals surface area contributed by atoms with Crippen molar-refractivity contribution in [3.8, 4) is 0 Å². The van der Waals surface area contributed by atoms with E-state index in [1.54, 1.807) is 6.92 Å². The number of benzene rings is 1. The van der Waals surface area contributed by atoms with Crippen LogP contribution in [-0.2, 0) is 9.84 Å². The average molecular weight is 284 g/mol. The third-order valence-corrected chi connectivity index (χ3v) is 5.14. The molecule has 7 heteroatoms. The number of hydrogen-bond acceptors (Lipinski definition) is 5. The summed E-state index contributed by atoms with van der Waals surface area (Å²) < 4.78 is 23.1. The molecule has 19 heavy (non-hydrogen) atoms. The zero-order chi connectivity index (χ0) is 14.3. The normalized spacial score (nSPS) is 25.1. The molecular formula is C12H16N2O4S. The van der Waals surface area contributed by atoms with Gasteiger partial charge >= 0.3 is 5.97 Å². The average Bonchev–Trinajstić information content (AvgIpc) is 2.56. The summed E-state index contributed by atoms with van der Waals surface area (Å²) in [6, 6.07) is 4.34. The second-order valence-corrected chi connectivity index (χ2v) is 7.32. The van der Waals surface area contributed by atoms with Crippen LogP contribution in [0.25, 0.3) is 0 Å².